The highest BCUT2D eigenvalue weighted by atomic mass is 15.4. The fourth-order valence-electron chi connectivity index (χ4n) is 3.93. The summed E-state index contributed by atoms with van der Waals surface area (Å²) in [5.41, 5.74) is 3.68. The topological polar surface area (TPSA) is 18.5 Å². The minimum atomic E-state index is 0.295. The lowest BCUT2D eigenvalue weighted by molar-refractivity contribution is 0.133. The van der Waals surface area contributed by atoms with Gasteiger partial charge in [-0.1, -0.05) is 57.0 Å². The Bertz CT molecular complexity index is 634. The zero-order valence-electron chi connectivity index (χ0n) is 15.5. The highest BCUT2D eigenvalue weighted by Crippen LogP contribution is 2.38. The second-order valence-corrected chi connectivity index (χ2v) is 7.22. The summed E-state index contributed by atoms with van der Waals surface area (Å²) < 4.78 is 0. The van der Waals surface area contributed by atoms with Crippen molar-refractivity contribution in [2.75, 3.05) is 19.6 Å². The van der Waals surface area contributed by atoms with E-state index in [-0.39, 0.29) is 0 Å². The van der Waals surface area contributed by atoms with Crippen molar-refractivity contribution < 1.29 is 0 Å². The van der Waals surface area contributed by atoms with Gasteiger partial charge in [0.1, 0.15) is 5.82 Å². The van der Waals surface area contributed by atoms with E-state index in [1.807, 2.05) is 0 Å². The highest BCUT2D eigenvalue weighted by molar-refractivity contribution is 5.28. The van der Waals surface area contributed by atoms with E-state index in [0.717, 1.165) is 49.7 Å². The summed E-state index contributed by atoms with van der Waals surface area (Å²) in [6.45, 7) is 18.1. The van der Waals surface area contributed by atoms with Crippen LogP contribution in [0.2, 0.25) is 0 Å². The molecule has 2 heterocycles. The molecule has 3 rings (SSSR count). The van der Waals surface area contributed by atoms with Crippen molar-refractivity contribution in [1.82, 2.24) is 15.1 Å². The molecule has 2 atom stereocenters. The van der Waals surface area contributed by atoms with E-state index in [4.69, 9.17) is 0 Å². The molecular formula is C22H31N3. The number of likely N-dealkylation sites (tertiary alicyclic amines) is 2. The summed E-state index contributed by atoms with van der Waals surface area (Å²) in [7, 11) is 0. The molecule has 2 aliphatic rings. The molecular weight excluding hydrogens is 306 g/mol. The number of piperidine rings is 1. The molecule has 0 saturated carbocycles. The molecule has 2 fully saturated rings. The Morgan fingerprint density at radius 2 is 2.00 bits per heavy atom. The first kappa shape index (κ1) is 17.7. The molecule has 0 radical (unpaired) electrons. The van der Waals surface area contributed by atoms with Crippen LogP contribution >= 0.6 is 0 Å². The monoisotopic (exact) mass is 337 g/mol. The van der Waals surface area contributed by atoms with Gasteiger partial charge in [-0.3, -0.25) is 0 Å². The van der Waals surface area contributed by atoms with Crippen molar-refractivity contribution in [2.24, 2.45) is 0 Å². The first-order valence-electron chi connectivity index (χ1n) is 9.50. The minimum Gasteiger partial charge on any atom is -0.387 e. The van der Waals surface area contributed by atoms with Gasteiger partial charge in [0.25, 0.3) is 0 Å². The zero-order chi connectivity index (χ0) is 17.8. The van der Waals surface area contributed by atoms with Crippen molar-refractivity contribution in [3.8, 4) is 0 Å². The third kappa shape index (κ3) is 3.76. The molecule has 1 aromatic carbocycles. The molecule has 3 heteroatoms. The summed E-state index contributed by atoms with van der Waals surface area (Å²) in [5, 5.41) is 3.44. The first-order valence-corrected chi connectivity index (χ1v) is 9.50. The Morgan fingerprint density at radius 3 is 2.68 bits per heavy atom. The van der Waals surface area contributed by atoms with Crippen LogP contribution in [-0.4, -0.2) is 35.5 Å². The van der Waals surface area contributed by atoms with Crippen molar-refractivity contribution in [1.29, 1.82) is 0 Å². The van der Waals surface area contributed by atoms with E-state index >= 15 is 0 Å². The predicted octanol–water partition coefficient (Wildman–Crippen LogP) is 4.44. The fourth-order valence-corrected chi connectivity index (χ4v) is 3.93. The highest BCUT2D eigenvalue weighted by Gasteiger charge is 2.37. The van der Waals surface area contributed by atoms with E-state index in [1.165, 1.54) is 18.4 Å². The van der Waals surface area contributed by atoms with Crippen LogP contribution in [0.1, 0.15) is 44.1 Å². The number of benzene rings is 1. The van der Waals surface area contributed by atoms with Gasteiger partial charge in [0, 0.05) is 43.4 Å². The molecule has 0 bridgehead atoms. The molecule has 0 aromatic heterocycles. The van der Waals surface area contributed by atoms with Crippen LogP contribution in [0.3, 0.4) is 0 Å². The lowest BCUT2D eigenvalue weighted by atomic mass is 9.90. The first-order chi connectivity index (χ1) is 12.1. The van der Waals surface area contributed by atoms with E-state index in [1.54, 1.807) is 0 Å². The Hall–Kier alpha value is -2.16. The van der Waals surface area contributed by atoms with Crippen LogP contribution in [-0.2, 0) is 0 Å². The van der Waals surface area contributed by atoms with E-state index in [9.17, 15) is 0 Å². The van der Waals surface area contributed by atoms with Crippen LogP contribution in [0.25, 0.3) is 0 Å². The number of rotatable bonds is 7. The standard InChI is InChI=1S/C22H31N3/c1-5-13-23-18(3)22-15-17(2)25(22)19(4)24-14-9-12-21(16-24)20-10-7-6-8-11-20/h6-8,10-11,21-23H,2-5,9,12-16H2,1H3. The molecule has 1 N–H and O–H groups in total. The normalized spacial score (nSPS) is 23.2. The van der Waals surface area contributed by atoms with E-state index in [2.05, 4.69) is 72.1 Å². The Kier molecular flexibility index (Phi) is 5.52. The summed E-state index contributed by atoms with van der Waals surface area (Å²) in [4.78, 5) is 4.71. The number of nitrogens with zero attached hydrogens (tertiary/aromatic N) is 2. The molecule has 2 saturated heterocycles. The van der Waals surface area contributed by atoms with Crippen LogP contribution in [0.15, 0.2) is 67.3 Å². The average molecular weight is 338 g/mol. The van der Waals surface area contributed by atoms with Gasteiger partial charge in [-0.25, -0.2) is 0 Å². The van der Waals surface area contributed by atoms with Crippen LogP contribution < -0.4 is 5.32 Å². The van der Waals surface area contributed by atoms with Gasteiger partial charge < -0.3 is 15.1 Å². The smallest absolute Gasteiger partial charge is 0.101 e. The van der Waals surface area contributed by atoms with Gasteiger partial charge in [0.05, 0.1) is 6.04 Å². The van der Waals surface area contributed by atoms with Gasteiger partial charge in [-0.15, -0.1) is 0 Å². The third-order valence-corrected chi connectivity index (χ3v) is 5.42. The average Bonchev–Trinajstić information content (AvgIpc) is 2.64. The third-order valence-electron chi connectivity index (χ3n) is 5.42. The summed E-state index contributed by atoms with van der Waals surface area (Å²) in [5.74, 6) is 1.67. The van der Waals surface area contributed by atoms with Gasteiger partial charge >= 0.3 is 0 Å². The van der Waals surface area contributed by atoms with Crippen molar-refractivity contribution in [2.45, 2.75) is 44.6 Å². The van der Waals surface area contributed by atoms with Gasteiger partial charge in [-0.2, -0.15) is 0 Å². The number of nitrogens with one attached hydrogen (secondary N) is 1. The van der Waals surface area contributed by atoms with Crippen LogP contribution in [0.5, 0.6) is 0 Å². The summed E-state index contributed by atoms with van der Waals surface area (Å²) >= 11 is 0. The molecule has 2 unspecified atom stereocenters. The lowest BCUT2D eigenvalue weighted by Crippen LogP contribution is -2.52. The predicted molar refractivity (Wildman–Crippen MR) is 106 cm³/mol. The van der Waals surface area contributed by atoms with E-state index in [0.29, 0.717) is 12.0 Å². The quantitative estimate of drug-likeness (QED) is 0.793. The summed E-state index contributed by atoms with van der Waals surface area (Å²) in [6.07, 6.45) is 4.55. The molecule has 0 spiro atoms. The van der Waals surface area contributed by atoms with Crippen molar-refractivity contribution >= 4 is 0 Å². The zero-order valence-corrected chi connectivity index (χ0v) is 15.5. The van der Waals surface area contributed by atoms with Crippen LogP contribution in [0, 0.1) is 0 Å². The second-order valence-electron chi connectivity index (χ2n) is 7.22. The van der Waals surface area contributed by atoms with Gasteiger partial charge in [0.2, 0.25) is 0 Å². The van der Waals surface area contributed by atoms with Gasteiger partial charge in [0.15, 0.2) is 0 Å². The maximum absolute atomic E-state index is 4.41. The maximum Gasteiger partial charge on any atom is 0.101 e. The maximum atomic E-state index is 4.41. The Morgan fingerprint density at radius 1 is 1.24 bits per heavy atom. The minimum absolute atomic E-state index is 0.295. The molecule has 3 nitrogen and oxygen atoms in total. The molecule has 0 aliphatic carbocycles. The number of hydrogen-bond donors (Lipinski definition) is 1. The Balaban J connectivity index is 1.65. The lowest BCUT2D eigenvalue weighted by Gasteiger charge is -2.50. The SMILES string of the molecule is C=C(NCCC)C1CC(=C)N1C(=C)N1CCCC(c2ccccc2)C1. The molecule has 0 amide bonds. The number of hydrogen-bond acceptors (Lipinski definition) is 3. The van der Waals surface area contributed by atoms with Crippen molar-refractivity contribution in [3.05, 3.63) is 72.8 Å². The second kappa shape index (κ2) is 7.81. The van der Waals surface area contributed by atoms with E-state index < -0.39 is 0 Å². The fraction of sp³-hybridized carbons (Fsp3) is 0.455. The molecule has 2 aliphatic heterocycles. The molecule has 134 valence electrons. The van der Waals surface area contributed by atoms with Crippen LogP contribution in [0.4, 0.5) is 0 Å². The van der Waals surface area contributed by atoms with Crippen molar-refractivity contribution in [3.63, 3.8) is 0 Å². The summed E-state index contributed by atoms with van der Waals surface area (Å²) in [6, 6.07) is 11.2. The molecule has 25 heavy (non-hydrogen) atoms. The van der Waals surface area contributed by atoms with Gasteiger partial charge in [-0.05, 0) is 24.8 Å². The molecule has 1 aromatic rings. The Labute approximate surface area is 152 Å². The largest absolute Gasteiger partial charge is 0.387 e.